The van der Waals surface area contributed by atoms with Gasteiger partial charge < -0.3 is 20.0 Å². The van der Waals surface area contributed by atoms with Crippen molar-refractivity contribution in [2.75, 3.05) is 26.9 Å². The molecule has 0 radical (unpaired) electrons. The first-order valence-corrected chi connectivity index (χ1v) is 6.92. The smallest absolute Gasteiger partial charge is 0.134 e. The molecule has 0 atom stereocenters. The molecule has 3 aliphatic rings. The van der Waals surface area contributed by atoms with Crippen molar-refractivity contribution >= 4 is 0 Å². The first-order chi connectivity index (χ1) is 9.22. The van der Waals surface area contributed by atoms with E-state index in [1.54, 1.807) is 7.11 Å². The van der Waals surface area contributed by atoms with Gasteiger partial charge >= 0.3 is 0 Å². The van der Waals surface area contributed by atoms with Crippen LogP contribution in [0.3, 0.4) is 0 Å². The number of hydrogen-bond donors (Lipinski definition) is 1. The quantitative estimate of drug-likeness (QED) is 0.837. The van der Waals surface area contributed by atoms with E-state index in [1.807, 2.05) is 5.06 Å². The molecule has 3 aliphatic heterocycles. The summed E-state index contributed by atoms with van der Waals surface area (Å²) in [5.41, 5.74) is 3.98. The summed E-state index contributed by atoms with van der Waals surface area (Å²) in [6.07, 6.45) is 6.53. The van der Waals surface area contributed by atoms with Gasteiger partial charge in [-0.3, -0.25) is 0 Å². The molecule has 1 saturated heterocycles. The van der Waals surface area contributed by atoms with E-state index < -0.39 is 0 Å². The zero-order valence-corrected chi connectivity index (χ0v) is 11.9. The summed E-state index contributed by atoms with van der Waals surface area (Å²) in [6, 6.07) is 0. The number of allylic oxidation sites excluding steroid dienone is 1. The molecule has 3 heterocycles. The minimum atomic E-state index is 0.802. The average molecular weight is 262 g/mol. The molecular weight excluding hydrogens is 240 g/mol. The van der Waals surface area contributed by atoms with Crippen LogP contribution < -0.4 is 5.32 Å². The third-order valence-electron chi connectivity index (χ3n) is 3.75. The van der Waals surface area contributed by atoms with E-state index in [2.05, 4.69) is 41.4 Å². The highest BCUT2D eigenvalue weighted by Crippen LogP contribution is 2.34. The molecule has 0 aromatic heterocycles. The SMILES string of the molecule is CCCN1C=C(C)CC2=C1N1CN(OC)CC1=CN2. The molecule has 3 rings (SSSR count). The van der Waals surface area contributed by atoms with Gasteiger partial charge in [0, 0.05) is 25.4 Å². The lowest BCUT2D eigenvalue weighted by Gasteiger charge is -2.39. The van der Waals surface area contributed by atoms with Crippen LogP contribution in [0.2, 0.25) is 0 Å². The third kappa shape index (κ3) is 2.13. The van der Waals surface area contributed by atoms with Gasteiger partial charge in [-0.2, -0.15) is 5.06 Å². The summed E-state index contributed by atoms with van der Waals surface area (Å²) >= 11 is 0. The third-order valence-corrected chi connectivity index (χ3v) is 3.75. The van der Waals surface area contributed by atoms with Gasteiger partial charge in [0.1, 0.15) is 12.5 Å². The largest absolute Gasteiger partial charge is 0.360 e. The second-order valence-corrected chi connectivity index (χ2v) is 5.32. The molecule has 5 heteroatoms. The standard InChI is InChI=1S/C14H22N4O/c1-4-5-16-8-11(2)6-13-14(16)18-10-17(19-3)9-12(18)7-15-13/h7-8,15H,4-6,9-10H2,1-3H3. The lowest BCUT2D eigenvalue weighted by atomic mass is 10.1. The maximum atomic E-state index is 5.37. The molecule has 5 nitrogen and oxygen atoms in total. The first kappa shape index (κ1) is 12.6. The van der Waals surface area contributed by atoms with E-state index in [9.17, 15) is 0 Å². The molecule has 104 valence electrons. The monoisotopic (exact) mass is 262 g/mol. The lowest BCUT2D eigenvalue weighted by Crippen LogP contribution is -2.40. The summed E-state index contributed by atoms with van der Waals surface area (Å²) in [7, 11) is 1.73. The van der Waals surface area contributed by atoms with Gasteiger partial charge in [-0.05, 0) is 13.3 Å². The molecule has 0 spiro atoms. The molecule has 0 aromatic carbocycles. The Morgan fingerprint density at radius 1 is 1.42 bits per heavy atom. The van der Waals surface area contributed by atoms with Crippen molar-refractivity contribution in [3.05, 3.63) is 35.2 Å². The zero-order chi connectivity index (χ0) is 13.4. The Kier molecular flexibility index (Phi) is 3.24. The van der Waals surface area contributed by atoms with Crippen LogP contribution in [0.1, 0.15) is 26.7 Å². The number of hydrogen-bond acceptors (Lipinski definition) is 5. The average Bonchev–Trinajstić information content (AvgIpc) is 2.81. The zero-order valence-electron chi connectivity index (χ0n) is 11.9. The van der Waals surface area contributed by atoms with Gasteiger partial charge in [0.2, 0.25) is 0 Å². The van der Waals surface area contributed by atoms with Gasteiger partial charge in [0.05, 0.1) is 25.0 Å². The Hall–Kier alpha value is -1.46. The van der Waals surface area contributed by atoms with E-state index in [-0.39, 0.29) is 0 Å². The van der Waals surface area contributed by atoms with E-state index in [1.165, 1.54) is 22.8 Å². The van der Waals surface area contributed by atoms with Crippen molar-refractivity contribution in [1.29, 1.82) is 0 Å². The molecule has 0 aliphatic carbocycles. The van der Waals surface area contributed by atoms with E-state index in [0.29, 0.717) is 0 Å². The predicted octanol–water partition coefficient (Wildman–Crippen LogP) is 1.76. The Morgan fingerprint density at radius 2 is 2.26 bits per heavy atom. The summed E-state index contributed by atoms with van der Waals surface area (Å²) in [5.74, 6) is 1.30. The second kappa shape index (κ2) is 4.90. The van der Waals surface area contributed by atoms with Crippen LogP contribution in [-0.4, -0.2) is 41.7 Å². The number of rotatable bonds is 3. The van der Waals surface area contributed by atoms with E-state index in [4.69, 9.17) is 4.84 Å². The van der Waals surface area contributed by atoms with Crippen molar-refractivity contribution in [2.45, 2.75) is 26.7 Å². The van der Waals surface area contributed by atoms with Crippen LogP contribution in [-0.2, 0) is 4.84 Å². The summed E-state index contributed by atoms with van der Waals surface area (Å²) in [4.78, 5) is 10.1. The molecular formula is C14H22N4O. The number of nitrogens with zero attached hydrogens (tertiary/aromatic N) is 3. The van der Waals surface area contributed by atoms with Crippen molar-refractivity contribution in [3.63, 3.8) is 0 Å². The Bertz CT molecular complexity index is 466. The molecule has 1 fully saturated rings. The summed E-state index contributed by atoms with van der Waals surface area (Å²) in [6.45, 7) is 7.10. The number of nitrogens with one attached hydrogen (secondary N) is 1. The van der Waals surface area contributed by atoms with E-state index >= 15 is 0 Å². The Morgan fingerprint density at radius 3 is 3.00 bits per heavy atom. The van der Waals surface area contributed by atoms with Crippen molar-refractivity contribution in [2.24, 2.45) is 0 Å². The maximum absolute atomic E-state index is 5.37. The topological polar surface area (TPSA) is 31.0 Å². The Labute approximate surface area is 114 Å². The normalized spacial score (nSPS) is 22.9. The van der Waals surface area contributed by atoms with Gasteiger partial charge in [-0.1, -0.05) is 12.5 Å². The lowest BCUT2D eigenvalue weighted by molar-refractivity contribution is -0.121. The van der Waals surface area contributed by atoms with E-state index in [0.717, 1.165) is 32.6 Å². The van der Waals surface area contributed by atoms with Crippen molar-refractivity contribution < 1.29 is 4.84 Å². The van der Waals surface area contributed by atoms with Crippen molar-refractivity contribution in [3.8, 4) is 0 Å². The minimum absolute atomic E-state index is 0.802. The Balaban J connectivity index is 1.90. The molecule has 1 N–H and O–H groups in total. The predicted molar refractivity (Wildman–Crippen MR) is 74.0 cm³/mol. The van der Waals surface area contributed by atoms with Crippen LogP contribution >= 0.6 is 0 Å². The highest BCUT2D eigenvalue weighted by atomic mass is 16.7. The van der Waals surface area contributed by atoms with Gasteiger partial charge in [0.15, 0.2) is 0 Å². The number of hydroxylamine groups is 2. The highest BCUT2D eigenvalue weighted by molar-refractivity contribution is 5.33. The fraction of sp³-hybridized carbons (Fsp3) is 0.571. The summed E-state index contributed by atoms with van der Waals surface area (Å²) < 4.78 is 0. The number of fused-ring (bicyclic) bond motifs is 2. The van der Waals surface area contributed by atoms with Crippen LogP contribution in [0.25, 0.3) is 0 Å². The molecule has 0 unspecified atom stereocenters. The fourth-order valence-electron chi connectivity index (χ4n) is 2.93. The first-order valence-electron chi connectivity index (χ1n) is 6.92. The molecule has 0 bridgehead atoms. The van der Waals surface area contributed by atoms with Crippen molar-refractivity contribution in [1.82, 2.24) is 20.2 Å². The van der Waals surface area contributed by atoms with Crippen LogP contribution in [0.15, 0.2) is 35.2 Å². The van der Waals surface area contributed by atoms with Crippen LogP contribution in [0.4, 0.5) is 0 Å². The molecule has 0 saturated carbocycles. The minimum Gasteiger partial charge on any atom is -0.360 e. The summed E-state index contributed by atoms with van der Waals surface area (Å²) in [5, 5.41) is 5.44. The van der Waals surface area contributed by atoms with Crippen LogP contribution in [0.5, 0.6) is 0 Å². The molecule has 19 heavy (non-hydrogen) atoms. The van der Waals surface area contributed by atoms with Gasteiger partial charge in [-0.25, -0.2) is 0 Å². The molecule has 0 amide bonds. The maximum Gasteiger partial charge on any atom is 0.134 e. The van der Waals surface area contributed by atoms with Crippen LogP contribution in [0, 0.1) is 0 Å². The molecule has 0 aromatic rings. The second-order valence-electron chi connectivity index (χ2n) is 5.32. The van der Waals surface area contributed by atoms with Gasteiger partial charge in [0.25, 0.3) is 0 Å². The fourth-order valence-corrected chi connectivity index (χ4v) is 2.93. The highest BCUT2D eigenvalue weighted by Gasteiger charge is 2.34. The van der Waals surface area contributed by atoms with Gasteiger partial charge in [-0.15, -0.1) is 0 Å².